The highest BCUT2D eigenvalue weighted by Gasteiger charge is 2.64. The van der Waals surface area contributed by atoms with Crippen LogP contribution in [0.4, 0.5) is 13.2 Å². The summed E-state index contributed by atoms with van der Waals surface area (Å²) in [4.78, 5) is 3.31. The summed E-state index contributed by atoms with van der Waals surface area (Å²) in [6.07, 6.45) is -0.160. The lowest BCUT2D eigenvalue weighted by molar-refractivity contribution is -0.257. The van der Waals surface area contributed by atoms with Crippen LogP contribution in [-0.2, 0) is 0 Å². The van der Waals surface area contributed by atoms with Gasteiger partial charge in [0.1, 0.15) is 10.8 Å². The number of nitrogens with zero attached hydrogens (tertiary/aromatic N) is 2. The molecular formula is C9H8BrF3N2O. The van der Waals surface area contributed by atoms with E-state index in [-0.39, 0.29) is 5.84 Å². The third-order valence-corrected chi connectivity index (χ3v) is 3.52. The third kappa shape index (κ3) is 1.41. The highest BCUT2D eigenvalue weighted by molar-refractivity contribution is 9.09. The number of rotatable bonds is 0. The standard InChI is InChI=1S/C9H8BrF3N2O/c1-5-3-2-4-6-14-8(16,9(11,12)13)7(10)15(5)6/h2-4,7,16H,1H3. The smallest absolute Gasteiger partial charge is 0.360 e. The van der Waals surface area contributed by atoms with Gasteiger partial charge < -0.3 is 10.0 Å². The van der Waals surface area contributed by atoms with Gasteiger partial charge in [-0.25, -0.2) is 4.99 Å². The average molecular weight is 297 g/mol. The van der Waals surface area contributed by atoms with Crippen LogP contribution >= 0.6 is 15.9 Å². The Labute approximate surface area is 98.1 Å². The predicted molar refractivity (Wildman–Crippen MR) is 55.9 cm³/mol. The summed E-state index contributed by atoms with van der Waals surface area (Å²) in [6.45, 7) is 1.65. The molecule has 2 unspecified atom stereocenters. The van der Waals surface area contributed by atoms with E-state index in [1.807, 2.05) is 0 Å². The maximum absolute atomic E-state index is 12.7. The van der Waals surface area contributed by atoms with Gasteiger partial charge >= 0.3 is 6.18 Å². The van der Waals surface area contributed by atoms with Gasteiger partial charge in [0, 0.05) is 5.70 Å². The third-order valence-electron chi connectivity index (χ3n) is 2.47. The minimum Gasteiger partial charge on any atom is -0.360 e. The van der Waals surface area contributed by atoms with Crippen molar-refractivity contribution in [1.29, 1.82) is 0 Å². The molecule has 0 bridgehead atoms. The van der Waals surface area contributed by atoms with Gasteiger partial charge in [0.25, 0.3) is 5.72 Å². The molecule has 0 aliphatic carbocycles. The van der Waals surface area contributed by atoms with Gasteiger partial charge in [-0.1, -0.05) is 22.0 Å². The molecule has 2 rings (SSSR count). The summed E-state index contributed by atoms with van der Waals surface area (Å²) in [7, 11) is 0. The van der Waals surface area contributed by atoms with Crippen molar-refractivity contribution in [3.05, 3.63) is 23.9 Å². The monoisotopic (exact) mass is 296 g/mol. The summed E-state index contributed by atoms with van der Waals surface area (Å²) in [6, 6.07) is 0. The maximum atomic E-state index is 12.7. The van der Waals surface area contributed by atoms with Gasteiger partial charge in [0.15, 0.2) is 0 Å². The Hall–Kier alpha value is -0.820. The van der Waals surface area contributed by atoms with E-state index >= 15 is 0 Å². The molecule has 2 heterocycles. The molecule has 3 nitrogen and oxygen atoms in total. The van der Waals surface area contributed by atoms with E-state index in [1.165, 1.54) is 11.0 Å². The Morgan fingerprint density at radius 2 is 2.19 bits per heavy atom. The predicted octanol–water partition coefficient (Wildman–Crippen LogP) is 2.15. The SMILES string of the molecule is CC1=CC=CC2=NC(O)(C(F)(F)F)C(Br)N12. The highest BCUT2D eigenvalue weighted by atomic mass is 79.9. The summed E-state index contributed by atoms with van der Waals surface area (Å²) in [5.74, 6) is 0.0988. The molecule has 0 spiro atoms. The molecule has 2 aliphatic heterocycles. The number of hydrogen-bond donors (Lipinski definition) is 1. The van der Waals surface area contributed by atoms with E-state index in [4.69, 9.17) is 0 Å². The van der Waals surface area contributed by atoms with Crippen molar-refractivity contribution in [2.75, 3.05) is 0 Å². The quantitative estimate of drug-likeness (QED) is 0.549. The van der Waals surface area contributed by atoms with Crippen LogP contribution in [0.15, 0.2) is 28.9 Å². The average Bonchev–Trinajstić information content (AvgIpc) is 2.40. The fourth-order valence-electron chi connectivity index (χ4n) is 1.61. The van der Waals surface area contributed by atoms with Crippen LogP contribution in [0.5, 0.6) is 0 Å². The van der Waals surface area contributed by atoms with E-state index in [1.54, 1.807) is 19.1 Å². The number of allylic oxidation sites excluding steroid dienone is 3. The Bertz CT molecular complexity index is 415. The van der Waals surface area contributed by atoms with Gasteiger partial charge in [0.2, 0.25) is 0 Å². The number of amidine groups is 1. The number of fused-ring (bicyclic) bond motifs is 1. The summed E-state index contributed by atoms with van der Waals surface area (Å²) < 4.78 is 38.1. The van der Waals surface area contributed by atoms with Gasteiger partial charge in [-0.2, -0.15) is 13.2 Å². The first kappa shape index (κ1) is 11.7. The molecule has 0 radical (unpaired) electrons. The van der Waals surface area contributed by atoms with Gasteiger partial charge in [-0.05, 0) is 19.1 Å². The molecule has 0 aromatic rings. The van der Waals surface area contributed by atoms with Crippen molar-refractivity contribution in [1.82, 2.24) is 4.90 Å². The normalized spacial score (nSPS) is 33.6. The molecule has 0 amide bonds. The van der Waals surface area contributed by atoms with Gasteiger partial charge in [0.05, 0.1) is 0 Å². The lowest BCUT2D eigenvalue weighted by Crippen LogP contribution is -2.52. The van der Waals surface area contributed by atoms with Gasteiger partial charge in [-0.3, -0.25) is 0 Å². The second kappa shape index (κ2) is 3.33. The molecule has 2 aliphatic rings. The molecule has 1 N–H and O–H groups in total. The molecule has 2 atom stereocenters. The van der Waals surface area contributed by atoms with E-state index in [2.05, 4.69) is 20.9 Å². The van der Waals surface area contributed by atoms with E-state index in [0.29, 0.717) is 5.70 Å². The minimum atomic E-state index is -4.82. The van der Waals surface area contributed by atoms with Crippen molar-refractivity contribution in [2.45, 2.75) is 23.8 Å². The zero-order valence-electron chi connectivity index (χ0n) is 8.16. The molecule has 16 heavy (non-hydrogen) atoms. The van der Waals surface area contributed by atoms with Crippen LogP contribution in [-0.4, -0.2) is 32.7 Å². The van der Waals surface area contributed by atoms with Crippen LogP contribution in [0.2, 0.25) is 0 Å². The lowest BCUT2D eigenvalue weighted by Gasteiger charge is -2.31. The first-order chi connectivity index (χ1) is 7.27. The van der Waals surface area contributed by atoms with Crippen LogP contribution in [0, 0.1) is 0 Å². The largest absolute Gasteiger partial charge is 0.441 e. The molecule has 0 saturated heterocycles. The molecule has 0 fully saturated rings. The van der Waals surface area contributed by atoms with Crippen molar-refractivity contribution in [3.8, 4) is 0 Å². The lowest BCUT2D eigenvalue weighted by atomic mass is 10.2. The number of aliphatic hydroxyl groups is 1. The van der Waals surface area contributed by atoms with Crippen LogP contribution < -0.4 is 0 Å². The van der Waals surface area contributed by atoms with E-state index in [0.717, 1.165) is 0 Å². The highest BCUT2D eigenvalue weighted by Crippen LogP contribution is 2.44. The second-order valence-electron chi connectivity index (χ2n) is 3.57. The maximum Gasteiger partial charge on any atom is 0.441 e. The first-order valence-electron chi connectivity index (χ1n) is 4.44. The zero-order valence-corrected chi connectivity index (χ0v) is 9.75. The molecule has 88 valence electrons. The fourth-order valence-corrected chi connectivity index (χ4v) is 2.50. The number of hydrogen-bond acceptors (Lipinski definition) is 3. The van der Waals surface area contributed by atoms with Crippen molar-refractivity contribution >= 4 is 21.8 Å². The molecule has 7 heteroatoms. The van der Waals surface area contributed by atoms with Crippen LogP contribution in [0.1, 0.15) is 6.92 Å². The number of halogens is 4. The second-order valence-corrected chi connectivity index (χ2v) is 4.43. The fraction of sp³-hybridized carbons (Fsp3) is 0.444. The number of alkyl halides is 4. The van der Waals surface area contributed by atoms with E-state index in [9.17, 15) is 18.3 Å². The van der Waals surface area contributed by atoms with Crippen molar-refractivity contribution < 1.29 is 18.3 Å². The Kier molecular flexibility index (Phi) is 2.43. The molecule has 0 saturated carbocycles. The van der Waals surface area contributed by atoms with Gasteiger partial charge in [-0.15, -0.1) is 0 Å². The van der Waals surface area contributed by atoms with E-state index < -0.39 is 16.9 Å². The molecule has 0 aromatic heterocycles. The van der Waals surface area contributed by atoms with Crippen molar-refractivity contribution in [3.63, 3.8) is 0 Å². The Balaban J connectivity index is 2.47. The number of aliphatic imine (C=N–C) groups is 1. The van der Waals surface area contributed by atoms with Crippen LogP contribution in [0.25, 0.3) is 0 Å². The summed E-state index contributed by atoms with van der Waals surface area (Å²) >= 11 is 2.85. The first-order valence-corrected chi connectivity index (χ1v) is 5.36. The van der Waals surface area contributed by atoms with Crippen LogP contribution in [0.3, 0.4) is 0 Å². The topological polar surface area (TPSA) is 35.8 Å². The minimum absolute atomic E-state index is 0.0988. The summed E-state index contributed by atoms with van der Waals surface area (Å²) in [5.41, 5.74) is -2.52. The molecule has 0 aromatic carbocycles. The van der Waals surface area contributed by atoms with Crippen molar-refractivity contribution in [2.24, 2.45) is 4.99 Å². The molecular weight excluding hydrogens is 289 g/mol. The summed E-state index contributed by atoms with van der Waals surface area (Å²) in [5, 5.41) is 9.58. The Morgan fingerprint density at radius 1 is 1.56 bits per heavy atom. The Morgan fingerprint density at radius 3 is 2.69 bits per heavy atom. The zero-order chi connectivity index (χ0) is 12.1.